The molecule has 17 heavy (non-hydrogen) atoms. The Kier molecular flexibility index (Phi) is 3.45. The molecule has 0 aliphatic heterocycles. The smallest absolute Gasteiger partial charge is 0.358 e. The molecule has 0 radical (unpaired) electrons. The first kappa shape index (κ1) is 11.3. The maximum atomic E-state index is 11.4. The van der Waals surface area contributed by atoms with Crippen LogP contribution in [0.3, 0.4) is 0 Å². The van der Waals surface area contributed by atoms with Gasteiger partial charge >= 0.3 is 5.97 Å². The van der Waals surface area contributed by atoms with Crippen LogP contribution in [0.25, 0.3) is 11.3 Å². The highest BCUT2D eigenvalue weighted by Crippen LogP contribution is 2.15. The van der Waals surface area contributed by atoms with E-state index < -0.39 is 5.97 Å². The van der Waals surface area contributed by atoms with E-state index in [0.717, 1.165) is 11.3 Å². The van der Waals surface area contributed by atoms with E-state index in [2.05, 4.69) is 10.2 Å². The summed E-state index contributed by atoms with van der Waals surface area (Å²) in [4.78, 5) is 11.4. The molecule has 86 valence electrons. The Morgan fingerprint density at radius 3 is 2.47 bits per heavy atom. The van der Waals surface area contributed by atoms with Crippen molar-refractivity contribution in [1.82, 2.24) is 10.2 Å². The molecular formula is C13H12N2O2. The van der Waals surface area contributed by atoms with Gasteiger partial charge in [-0.3, -0.25) is 0 Å². The monoisotopic (exact) mass is 228 g/mol. The minimum absolute atomic E-state index is 0.228. The van der Waals surface area contributed by atoms with E-state index >= 15 is 0 Å². The molecule has 0 amide bonds. The standard InChI is InChI=1S/C13H12N2O2/c1-2-17-13(16)12-9-8-11(14-15-12)10-6-4-3-5-7-10/h3-9H,2H2,1H3. The second-order valence-electron chi connectivity index (χ2n) is 3.39. The van der Waals surface area contributed by atoms with Crippen molar-refractivity contribution in [2.45, 2.75) is 6.92 Å². The first-order valence-electron chi connectivity index (χ1n) is 5.37. The third-order valence-electron chi connectivity index (χ3n) is 2.22. The summed E-state index contributed by atoms with van der Waals surface area (Å²) < 4.78 is 4.83. The largest absolute Gasteiger partial charge is 0.461 e. The molecule has 4 nitrogen and oxygen atoms in total. The zero-order valence-electron chi connectivity index (χ0n) is 9.46. The third-order valence-corrected chi connectivity index (χ3v) is 2.22. The van der Waals surface area contributed by atoms with Gasteiger partial charge in [0.1, 0.15) is 0 Å². The molecule has 2 aromatic rings. The fourth-order valence-corrected chi connectivity index (χ4v) is 1.41. The third kappa shape index (κ3) is 2.66. The lowest BCUT2D eigenvalue weighted by molar-refractivity contribution is 0.0518. The zero-order valence-corrected chi connectivity index (χ0v) is 9.46. The van der Waals surface area contributed by atoms with Gasteiger partial charge in [0.05, 0.1) is 12.3 Å². The van der Waals surface area contributed by atoms with Crippen molar-refractivity contribution in [2.24, 2.45) is 0 Å². The van der Waals surface area contributed by atoms with Crippen LogP contribution in [-0.2, 0) is 4.74 Å². The lowest BCUT2D eigenvalue weighted by Crippen LogP contribution is -2.08. The first-order chi connectivity index (χ1) is 8.31. The lowest BCUT2D eigenvalue weighted by atomic mass is 10.1. The van der Waals surface area contributed by atoms with Crippen molar-refractivity contribution in [3.8, 4) is 11.3 Å². The van der Waals surface area contributed by atoms with Gasteiger partial charge in [0.25, 0.3) is 0 Å². The Bertz CT molecular complexity index is 495. The quantitative estimate of drug-likeness (QED) is 0.756. The van der Waals surface area contributed by atoms with Crippen LogP contribution in [0, 0.1) is 0 Å². The summed E-state index contributed by atoms with van der Waals surface area (Å²) in [5.41, 5.74) is 1.93. The van der Waals surface area contributed by atoms with Crippen LogP contribution in [-0.4, -0.2) is 22.8 Å². The molecule has 1 aromatic carbocycles. The molecular weight excluding hydrogens is 216 g/mol. The van der Waals surface area contributed by atoms with E-state index in [-0.39, 0.29) is 5.69 Å². The number of rotatable bonds is 3. The SMILES string of the molecule is CCOC(=O)c1ccc(-c2ccccc2)nn1. The normalized spacial score (nSPS) is 9.94. The fraction of sp³-hybridized carbons (Fsp3) is 0.154. The fourth-order valence-electron chi connectivity index (χ4n) is 1.41. The molecule has 0 unspecified atom stereocenters. The van der Waals surface area contributed by atoms with Gasteiger partial charge in [-0.2, -0.15) is 0 Å². The van der Waals surface area contributed by atoms with E-state index in [9.17, 15) is 4.79 Å². The molecule has 0 bridgehead atoms. The average Bonchev–Trinajstić information content (AvgIpc) is 2.40. The van der Waals surface area contributed by atoms with Crippen LogP contribution in [0.15, 0.2) is 42.5 Å². The number of carbonyl (C=O) groups is 1. The van der Waals surface area contributed by atoms with Crippen LogP contribution in [0.2, 0.25) is 0 Å². The Labute approximate surface area is 99.3 Å². The van der Waals surface area contributed by atoms with Crippen LogP contribution in [0.5, 0.6) is 0 Å². The van der Waals surface area contributed by atoms with Gasteiger partial charge in [0, 0.05) is 5.56 Å². The van der Waals surface area contributed by atoms with Crippen LogP contribution in [0.4, 0.5) is 0 Å². The van der Waals surface area contributed by atoms with Crippen molar-refractivity contribution in [3.05, 3.63) is 48.2 Å². The number of benzene rings is 1. The number of ether oxygens (including phenoxy) is 1. The van der Waals surface area contributed by atoms with E-state index in [0.29, 0.717) is 6.61 Å². The highest BCUT2D eigenvalue weighted by Gasteiger charge is 2.08. The summed E-state index contributed by atoms with van der Waals surface area (Å²) >= 11 is 0. The highest BCUT2D eigenvalue weighted by molar-refractivity contribution is 5.87. The van der Waals surface area contributed by atoms with Crippen molar-refractivity contribution >= 4 is 5.97 Å². The molecule has 0 spiro atoms. The predicted molar refractivity (Wildman–Crippen MR) is 63.4 cm³/mol. The molecule has 1 aromatic heterocycles. The number of nitrogens with zero attached hydrogens (tertiary/aromatic N) is 2. The maximum absolute atomic E-state index is 11.4. The second kappa shape index (κ2) is 5.21. The summed E-state index contributed by atoms with van der Waals surface area (Å²) in [6.07, 6.45) is 0. The van der Waals surface area contributed by atoms with Gasteiger partial charge in [-0.1, -0.05) is 30.3 Å². The molecule has 0 aliphatic carbocycles. The molecule has 4 heteroatoms. The van der Waals surface area contributed by atoms with Gasteiger partial charge < -0.3 is 4.74 Å². The molecule has 2 rings (SSSR count). The minimum Gasteiger partial charge on any atom is -0.461 e. The molecule has 0 N–H and O–H groups in total. The summed E-state index contributed by atoms with van der Waals surface area (Å²) in [5.74, 6) is -0.445. The van der Waals surface area contributed by atoms with Crippen LogP contribution in [0.1, 0.15) is 17.4 Å². The number of hydrogen-bond acceptors (Lipinski definition) is 4. The Morgan fingerprint density at radius 2 is 1.88 bits per heavy atom. The number of aromatic nitrogens is 2. The van der Waals surface area contributed by atoms with Crippen molar-refractivity contribution in [3.63, 3.8) is 0 Å². The summed E-state index contributed by atoms with van der Waals surface area (Å²) in [7, 11) is 0. The van der Waals surface area contributed by atoms with Gasteiger partial charge in [0.15, 0.2) is 5.69 Å². The molecule has 0 atom stereocenters. The molecule has 0 aliphatic rings. The number of esters is 1. The van der Waals surface area contributed by atoms with Gasteiger partial charge in [-0.15, -0.1) is 10.2 Å². The number of hydrogen-bond donors (Lipinski definition) is 0. The first-order valence-corrected chi connectivity index (χ1v) is 5.37. The Hall–Kier alpha value is -2.23. The van der Waals surface area contributed by atoms with E-state index in [4.69, 9.17) is 4.74 Å². The van der Waals surface area contributed by atoms with E-state index in [1.165, 1.54) is 0 Å². The van der Waals surface area contributed by atoms with Crippen LogP contribution >= 0.6 is 0 Å². The van der Waals surface area contributed by atoms with Crippen molar-refractivity contribution in [1.29, 1.82) is 0 Å². The minimum atomic E-state index is -0.445. The van der Waals surface area contributed by atoms with E-state index in [1.807, 2.05) is 30.3 Å². The topological polar surface area (TPSA) is 52.1 Å². The molecule has 1 heterocycles. The summed E-state index contributed by atoms with van der Waals surface area (Å²) in [6, 6.07) is 13.0. The molecule has 0 fully saturated rings. The zero-order chi connectivity index (χ0) is 12.1. The summed E-state index contributed by atoms with van der Waals surface area (Å²) in [6.45, 7) is 2.09. The maximum Gasteiger partial charge on any atom is 0.358 e. The van der Waals surface area contributed by atoms with Gasteiger partial charge in [-0.05, 0) is 19.1 Å². The Morgan fingerprint density at radius 1 is 1.12 bits per heavy atom. The van der Waals surface area contributed by atoms with Gasteiger partial charge in [0.2, 0.25) is 0 Å². The van der Waals surface area contributed by atoms with Crippen molar-refractivity contribution in [2.75, 3.05) is 6.61 Å². The predicted octanol–water partition coefficient (Wildman–Crippen LogP) is 2.32. The number of carbonyl (C=O) groups excluding carboxylic acids is 1. The molecule has 0 saturated heterocycles. The van der Waals surface area contributed by atoms with Gasteiger partial charge in [-0.25, -0.2) is 4.79 Å². The Balaban J connectivity index is 2.22. The summed E-state index contributed by atoms with van der Waals surface area (Å²) in [5, 5.41) is 7.85. The second-order valence-corrected chi connectivity index (χ2v) is 3.39. The van der Waals surface area contributed by atoms with Crippen molar-refractivity contribution < 1.29 is 9.53 Å². The van der Waals surface area contributed by atoms with Crippen LogP contribution < -0.4 is 0 Å². The highest BCUT2D eigenvalue weighted by atomic mass is 16.5. The molecule has 0 saturated carbocycles. The van der Waals surface area contributed by atoms with E-state index in [1.54, 1.807) is 19.1 Å². The average molecular weight is 228 g/mol. The lowest BCUT2D eigenvalue weighted by Gasteiger charge is -2.02.